The number of rotatable bonds is 9. The van der Waals surface area contributed by atoms with E-state index >= 15 is 0 Å². The van der Waals surface area contributed by atoms with Gasteiger partial charge in [-0.25, -0.2) is 4.79 Å². The van der Waals surface area contributed by atoms with Crippen molar-refractivity contribution < 1.29 is 23.9 Å². The van der Waals surface area contributed by atoms with Crippen LogP contribution in [0, 0.1) is 11.8 Å². The number of nitrogens with one attached hydrogen (secondary N) is 1. The van der Waals surface area contributed by atoms with Crippen LogP contribution in [0.25, 0.3) is 22.3 Å². The number of aliphatic imine (C=N–C) groups is 2. The lowest BCUT2D eigenvalue weighted by atomic mass is 9.83. The number of nitrogens with zero attached hydrogens (tertiary/aromatic N) is 4. The van der Waals surface area contributed by atoms with Crippen LogP contribution >= 0.6 is 0 Å². The number of carbonyl (C=O) groups is 3. The minimum atomic E-state index is -0.672. The van der Waals surface area contributed by atoms with Gasteiger partial charge in [0.25, 0.3) is 0 Å². The summed E-state index contributed by atoms with van der Waals surface area (Å²) in [4.78, 5) is 54.3. The monoisotopic (exact) mass is 807 g/mol. The average Bonchev–Trinajstić information content (AvgIpc) is 4.09. The van der Waals surface area contributed by atoms with Crippen LogP contribution in [-0.4, -0.2) is 77.0 Å². The fourth-order valence-corrected chi connectivity index (χ4v) is 10.5. The Morgan fingerprint density at radius 3 is 2.48 bits per heavy atom. The quantitative estimate of drug-likeness (QED) is 0.232. The molecule has 9 rings (SSSR count). The van der Waals surface area contributed by atoms with Gasteiger partial charge in [-0.15, -0.1) is 0 Å². The molecule has 10 nitrogen and oxygen atoms in total. The van der Waals surface area contributed by atoms with Gasteiger partial charge in [0.05, 0.1) is 25.1 Å². The lowest BCUT2D eigenvalue weighted by molar-refractivity contribution is -0.136. The minimum absolute atomic E-state index is 0.0322. The van der Waals surface area contributed by atoms with Crippen LogP contribution < -0.4 is 10.1 Å². The van der Waals surface area contributed by atoms with E-state index in [0.717, 1.165) is 96.5 Å². The lowest BCUT2D eigenvalue weighted by Crippen LogP contribution is -2.55. The number of benzene rings is 3. The molecule has 312 valence electrons. The van der Waals surface area contributed by atoms with Crippen LogP contribution in [0.1, 0.15) is 113 Å². The highest BCUT2D eigenvalue weighted by molar-refractivity contribution is 6.06. The minimum Gasteiger partial charge on any atom is -0.488 e. The van der Waals surface area contributed by atoms with Gasteiger partial charge >= 0.3 is 6.09 Å². The van der Waals surface area contributed by atoms with Crippen molar-refractivity contribution >= 4 is 40.5 Å². The molecule has 6 atom stereocenters. The second-order valence-electron chi connectivity index (χ2n) is 18.0. The third-order valence-corrected chi connectivity index (χ3v) is 14.1. The Labute approximate surface area is 353 Å². The average molecular weight is 808 g/mol. The van der Waals surface area contributed by atoms with E-state index < -0.39 is 12.1 Å². The fraction of sp³-hybridized carbons (Fsp3) is 0.460. The Balaban J connectivity index is 0.896. The number of likely N-dealkylation sites (tertiary alicyclic amines) is 2. The normalized spacial score (nSPS) is 23.8. The molecule has 0 bridgehead atoms. The molecule has 0 spiro atoms. The SMILES string of the molecule is CC[C@H]1C[C@@H](C2=NC3=C(C2)c2cc4c(cc2CC3)-c2ccc(C3=CN=C([C@@H]5CC[C@H](C)N5C(=O)[C@@H](NC(=O)OC)C(C)C)C3)cc2CO4)N(C(=O)[C@H](C)c2ccccc2)C1. The van der Waals surface area contributed by atoms with Crippen molar-refractivity contribution in [3.05, 3.63) is 100 Å². The molecule has 60 heavy (non-hydrogen) atoms. The van der Waals surface area contributed by atoms with Crippen LogP contribution in [0.15, 0.2) is 82.5 Å². The van der Waals surface area contributed by atoms with Crippen LogP contribution in [-0.2, 0) is 27.4 Å². The first-order valence-electron chi connectivity index (χ1n) is 22.0. The van der Waals surface area contributed by atoms with E-state index in [9.17, 15) is 14.4 Å². The maximum Gasteiger partial charge on any atom is 0.407 e. The van der Waals surface area contributed by atoms with Crippen molar-refractivity contribution in [3.8, 4) is 16.9 Å². The molecule has 0 unspecified atom stereocenters. The highest BCUT2D eigenvalue weighted by Crippen LogP contribution is 2.47. The predicted molar refractivity (Wildman–Crippen MR) is 236 cm³/mol. The number of ether oxygens (including phenoxy) is 2. The zero-order valence-electron chi connectivity index (χ0n) is 35.8. The molecule has 1 aliphatic carbocycles. The summed E-state index contributed by atoms with van der Waals surface area (Å²) in [6.07, 6.45) is 8.37. The standard InChI is InChI=1S/C50H57N5O5/c1-7-31-19-45(54(26-31)48(56)30(5)32-11-9-8-10-12-32)43-23-39-38-24-46-40(21-34(38)15-17-41(39)52-43)37-16-14-33(20-36(37)27-60-46)35-22-42(51-25-35)44-18-13-29(4)55(44)49(57)47(28(2)3)53-50(58)59-6/h8-12,14,16,20-21,24-25,28-31,44-45,47H,7,13,15,17-19,22-23,26-27H2,1-6H3,(H,53,58)/t29-,30+,31-,44-,45-,47-/m0/s1. The first-order chi connectivity index (χ1) is 29.0. The number of fused-ring (bicyclic) bond motifs is 5. The maximum absolute atomic E-state index is 14.0. The summed E-state index contributed by atoms with van der Waals surface area (Å²) in [6.45, 7) is 11.5. The van der Waals surface area contributed by atoms with E-state index in [2.05, 4.69) is 66.5 Å². The zero-order chi connectivity index (χ0) is 41.8. The van der Waals surface area contributed by atoms with Crippen LogP contribution in [0.3, 0.4) is 0 Å². The summed E-state index contributed by atoms with van der Waals surface area (Å²) in [5.74, 6) is 1.21. The van der Waals surface area contributed by atoms with Crippen molar-refractivity contribution in [3.63, 3.8) is 0 Å². The molecule has 1 N–H and O–H groups in total. The van der Waals surface area contributed by atoms with Crippen molar-refractivity contribution in [1.29, 1.82) is 0 Å². The molecule has 5 heterocycles. The Morgan fingerprint density at radius 1 is 0.900 bits per heavy atom. The molecule has 0 radical (unpaired) electrons. The molecule has 0 saturated carbocycles. The molecular formula is C50H57N5O5. The summed E-state index contributed by atoms with van der Waals surface area (Å²) in [5, 5.41) is 2.76. The van der Waals surface area contributed by atoms with Gasteiger partial charge in [0, 0.05) is 54.3 Å². The number of aryl methyl sites for hydroxylation is 1. The van der Waals surface area contributed by atoms with Gasteiger partial charge in [-0.3, -0.25) is 19.6 Å². The summed E-state index contributed by atoms with van der Waals surface area (Å²) in [5.41, 5.74) is 13.9. The molecule has 3 aromatic carbocycles. The molecule has 3 aromatic rings. The third-order valence-electron chi connectivity index (χ3n) is 14.1. The highest BCUT2D eigenvalue weighted by Gasteiger charge is 2.43. The van der Waals surface area contributed by atoms with Crippen LogP contribution in [0.2, 0.25) is 0 Å². The van der Waals surface area contributed by atoms with E-state index in [4.69, 9.17) is 19.5 Å². The molecule has 5 aliphatic heterocycles. The Bertz CT molecular complexity index is 2360. The van der Waals surface area contributed by atoms with Crippen molar-refractivity contribution in [2.24, 2.45) is 21.8 Å². The third kappa shape index (κ3) is 7.15. The van der Waals surface area contributed by atoms with E-state index in [0.29, 0.717) is 18.9 Å². The largest absolute Gasteiger partial charge is 0.488 e. The van der Waals surface area contributed by atoms with Crippen molar-refractivity contribution in [2.75, 3.05) is 13.7 Å². The number of alkyl carbamates (subject to hydrolysis) is 1. The van der Waals surface area contributed by atoms with Gasteiger partial charge in [0.1, 0.15) is 18.4 Å². The molecule has 3 amide bonds. The van der Waals surface area contributed by atoms with Gasteiger partial charge in [0.15, 0.2) is 0 Å². The molecule has 2 saturated heterocycles. The molecule has 10 heteroatoms. The topological polar surface area (TPSA) is 113 Å². The maximum atomic E-state index is 14.0. The molecule has 0 aromatic heterocycles. The fourth-order valence-electron chi connectivity index (χ4n) is 10.5. The van der Waals surface area contributed by atoms with E-state index in [1.54, 1.807) is 0 Å². The van der Waals surface area contributed by atoms with Gasteiger partial charge in [-0.05, 0) is 121 Å². The van der Waals surface area contributed by atoms with E-state index in [1.165, 1.54) is 35.1 Å². The number of methoxy groups -OCH3 is 1. The zero-order valence-corrected chi connectivity index (χ0v) is 35.8. The summed E-state index contributed by atoms with van der Waals surface area (Å²) in [7, 11) is 1.32. The number of amides is 3. The molecular weight excluding hydrogens is 751 g/mol. The van der Waals surface area contributed by atoms with E-state index in [1.807, 2.05) is 50.1 Å². The number of carbonyl (C=O) groups excluding carboxylic acids is 3. The Morgan fingerprint density at radius 2 is 1.72 bits per heavy atom. The van der Waals surface area contributed by atoms with Crippen molar-refractivity contribution in [1.82, 2.24) is 15.1 Å². The van der Waals surface area contributed by atoms with Crippen molar-refractivity contribution in [2.45, 2.75) is 123 Å². The second kappa shape index (κ2) is 16.2. The number of hydrogen-bond donors (Lipinski definition) is 1. The summed E-state index contributed by atoms with van der Waals surface area (Å²) in [6, 6.07) is 20.7. The van der Waals surface area contributed by atoms with Gasteiger partial charge < -0.3 is 24.6 Å². The first kappa shape index (κ1) is 39.9. The highest BCUT2D eigenvalue weighted by atomic mass is 16.5. The predicted octanol–water partition coefficient (Wildman–Crippen LogP) is 9.12. The second-order valence-corrected chi connectivity index (χ2v) is 18.0. The van der Waals surface area contributed by atoms with Crippen LogP contribution in [0.4, 0.5) is 4.79 Å². The van der Waals surface area contributed by atoms with Crippen LogP contribution in [0.5, 0.6) is 5.75 Å². The Kier molecular flexibility index (Phi) is 10.8. The summed E-state index contributed by atoms with van der Waals surface area (Å²) >= 11 is 0. The van der Waals surface area contributed by atoms with Gasteiger partial charge in [-0.2, -0.15) is 0 Å². The smallest absolute Gasteiger partial charge is 0.407 e. The molecule has 6 aliphatic rings. The number of hydrogen-bond acceptors (Lipinski definition) is 7. The van der Waals surface area contributed by atoms with Gasteiger partial charge in [0.2, 0.25) is 11.8 Å². The first-order valence-corrected chi connectivity index (χ1v) is 22.0. The van der Waals surface area contributed by atoms with E-state index in [-0.39, 0.29) is 41.8 Å². The number of allylic oxidation sites excluding steroid dienone is 3. The summed E-state index contributed by atoms with van der Waals surface area (Å²) < 4.78 is 11.4. The Hall–Kier alpha value is -5.51. The lowest BCUT2D eigenvalue weighted by Gasteiger charge is -2.33. The molecule has 2 fully saturated rings. The van der Waals surface area contributed by atoms with Gasteiger partial charge in [-0.1, -0.05) is 69.7 Å².